The molecule has 0 atom stereocenters. The van der Waals surface area contributed by atoms with Gasteiger partial charge in [0.2, 0.25) is 0 Å². The molecule has 1 aliphatic heterocycles. The Kier molecular flexibility index (Phi) is 5.62. The summed E-state index contributed by atoms with van der Waals surface area (Å²) in [6.45, 7) is 2.38. The Morgan fingerprint density at radius 1 is 1.19 bits per heavy atom. The zero-order valence-electron chi connectivity index (χ0n) is 14.2. The minimum Gasteiger partial charge on any atom is -0.493 e. The molecule has 1 N–H and O–H groups in total. The molecule has 8 heteroatoms. The van der Waals surface area contributed by atoms with E-state index in [1.165, 1.54) is 12.1 Å². The van der Waals surface area contributed by atoms with E-state index in [-0.39, 0.29) is 11.3 Å². The first-order valence-corrected chi connectivity index (χ1v) is 9.17. The maximum Gasteiger partial charge on any atom is 0.335 e. The number of nitrogens with one attached hydrogen (secondary N) is 1. The molecule has 0 saturated carbocycles. The number of carbonyl (C=O) groups is 3. The predicted octanol–water partition coefficient (Wildman–Crippen LogP) is 4.17. The number of carbonyl (C=O) groups excluding carboxylic acids is 3. The van der Waals surface area contributed by atoms with E-state index in [1.54, 1.807) is 36.4 Å². The highest BCUT2D eigenvalue weighted by Crippen LogP contribution is 2.28. The summed E-state index contributed by atoms with van der Waals surface area (Å²) in [5.74, 6) is -0.834. The second-order valence-electron chi connectivity index (χ2n) is 5.56. The second-order valence-corrected chi connectivity index (χ2v) is 6.85. The summed E-state index contributed by atoms with van der Waals surface area (Å²) in [6, 6.07) is 10.6. The third-order valence-electron chi connectivity index (χ3n) is 3.73. The molecule has 0 unspecified atom stereocenters. The Morgan fingerprint density at radius 3 is 2.63 bits per heavy atom. The molecule has 0 spiro atoms. The first-order valence-electron chi connectivity index (χ1n) is 8.00. The fourth-order valence-corrected chi connectivity index (χ4v) is 3.25. The third kappa shape index (κ3) is 4.04. The summed E-state index contributed by atoms with van der Waals surface area (Å²) in [7, 11) is 0. The maximum atomic E-state index is 12.8. The van der Waals surface area contributed by atoms with Gasteiger partial charge in [0, 0.05) is 5.02 Å². The molecule has 6 nitrogen and oxygen atoms in total. The Labute approximate surface area is 168 Å². The van der Waals surface area contributed by atoms with Gasteiger partial charge in [-0.15, -0.1) is 0 Å². The molecule has 0 aliphatic carbocycles. The lowest BCUT2D eigenvalue weighted by Gasteiger charge is -2.26. The van der Waals surface area contributed by atoms with Gasteiger partial charge in [-0.05, 0) is 64.8 Å². The number of barbiturate groups is 1. The van der Waals surface area contributed by atoms with Crippen LogP contribution < -0.4 is 15.0 Å². The Bertz CT molecular complexity index is 974. The minimum atomic E-state index is -0.822. The van der Waals surface area contributed by atoms with Gasteiger partial charge in [-0.2, -0.15) is 0 Å². The standard InChI is InChI=1S/C19H14BrClN2O4/c1-2-27-16-7-6-11(9-15(16)20)8-14-17(24)22-19(26)23(18(14)25)13-5-3-4-12(21)10-13/h3-10H,2H2,1H3,(H,22,24,26)/b14-8+. The van der Waals surface area contributed by atoms with Crippen LogP contribution in [0, 0.1) is 0 Å². The normalized spacial score (nSPS) is 15.9. The molecule has 0 bridgehead atoms. The number of halogens is 2. The molecule has 27 heavy (non-hydrogen) atoms. The number of hydrogen-bond donors (Lipinski definition) is 1. The molecular formula is C19H14BrClN2O4. The zero-order valence-corrected chi connectivity index (χ0v) is 16.5. The van der Waals surface area contributed by atoms with Crippen LogP contribution in [0.5, 0.6) is 5.75 Å². The highest BCUT2D eigenvalue weighted by Gasteiger charge is 2.36. The largest absolute Gasteiger partial charge is 0.493 e. The van der Waals surface area contributed by atoms with Gasteiger partial charge in [-0.25, -0.2) is 9.69 Å². The number of hydrogen-bond acceptors (Lipinski definition) is 4. The minimum absolute atomic E-state index is 0.161. The highest BCUT2D eigenvalue weighted by molar-refractivity contribution is 9.10. The van der Waals surface area contributed by atoms with E-state index >= 15 is 0 Å². The van der Waals surface area contributed by atoms with Gasteiger partial charge in [-0.1, -0.05) is 23.7 Å². The smallest absolute Gasteiger partial charge is 0.335 e. The number of imide groups is 2. The molecule has 0 aromatic heterocycles. The number of benzene rings is 2. The monoisotopic (exact) mass is 448 g/mol. The highest BCUT2D eigenvalue weighted by atomic mass is 79.9. The van der Waals surface area contributed by atoms with Crippen molar-refractivity contribution in [3.63, 3.8) is 0 Å². The van der Waals surface area contributed by atoms with Crippen molar-refractivity contribution < 1.29 is 19.1 Å². The third-order valence-corrected chi connectivity index (χ3v) is 4.59. The molecule has 138 valence electrons. The predicted molar refractivity (Wildman–Crippen MR) is 106 cm³/mol. The van der Waals surface area contributed by atoms with Crippen molar-refractivity contribution in [2.75, 3.05) is 11.5 Å². The van der Waals surface area contributed by atoms with Crippen molar-refractivity contribution in [2.24, 2.45) is 0 Å². The molecule has 4 amide bonds. The van der Waals surface area contributed by atoms with Crippen LogP contribution in [0.25, 0.3) is 6.08 Å². The number of rotatable bonds is 4. The van der Waals surface area contributed by atoms with E-state index in [9.17, 15) is 14.4 Å². The van der Waals surface area contributed by atoms with Crippen LogP contribution >= 0.6 is 27.5 Å². The molecule has 1 fully saturated rings. The van der Waals surface area contributed by atoms with Gasteiger partial charge in [0.25, 0.3) is 11.8 Å². The molecule has 2 aromatic rings. The van der Waals surface area contributed by atoms with E-state index in [2.05, 4.69) is 21.2 Å². The molecule has 1 heterocycles. The lowest BCUT2D eigenvalue weighted by atomic mass is 10.1. The van der Waals surface area contributed by atoms with Crippen LogP contribution in [0.2, 0.25) is 5.02 Å². The van der Waals surface area contributed by atoms with Gasteiger partial charge >= 0.3 is 6.03 Å². The Hall–Kier alpha value is -2.64. The topological polar surface area (TPSA) is 75.7 Å². The molecule has 1 saturated heterocycles. The summed E-state index contributed by atoms with van der Waals surface area (Å²) in [4.78, 5) is 38.1. The van der Waals surface area contributed by atoms with Gasteiger partial charge in [0.05, 0.1) is 16.8 Å². The number of anilines is 1. The van der Waals surface area contributed by atoms with Crippen LogP contribution in [0.1, 0.15) is 12.5 Å². The van der Waals surface area contributed by atoms with Crippen molar-refractivity contribution in [1.29, 1.82) is 0 Å². The molecule has 3 rings (SSSR count). The van der Waals surface area contributed by atoms with Gasteiger partial charge in [0.15, 0.2) is 0 Å². The van der Waals surface area contributed by atoms with Crippen LogP contribution in [0.4, 0.5) is 10.5 Å². The van der Waals surface area contributed by atoms with E-state index in [0.717, 1.165) is 4.90 Å². The maximum absolute atomic E-state index is 12.8. The van der Waals surface area contributed by atoms with Crippen LogP contribution in [-0.4, -0.2) is 24.5 Å². The average molecular weight is 450 g/mol. The summed E-state index contributed by atoms with van der Waals surface area (Å²) in [5, 5.41) is 2.54. The molecule has 1 aliphatic rings. The van der Waals surface area contributed by atoms with E-state index < -0.39 is 17.8 Å². The van der Waals surface area contributed by atoms with Crippen LogP contribution in [0.3, 0.4) is 0 Å². The van der Waals surface area contributed by atoms with Crippen LogP contribution in [-0.2, 0) is 9.59 Å². The average Bonchev–Trinajstić information content (AvgIpc) is 2.61. The summed E-state index contributed by atoms with van der Waals surface area (Å²) < 4.78 is 6.13. The summed E-state index contributed by atoms with van der Waals surface area (Å²) in [6.07, 6.45) is 1.42. The van der Waals surface area contributed by atoms with Crippen molar-refractivity contribution in [1.82, 2.24) is 5.32 Å². The zero-order chi connectivity index (χ0) is 19.6. The van der Waals surface area contributed by atoms with Gasteiger partial charge in [0.1, 0.15) is 11.3 Å². The summed E-state index contributed by atoms with van der Waals surface area (Å²) in [5.41, 5.74) is 0.714. The number of urea groups is 1. The Morgan fingerprint density at radius 2 is 1.96 bits per heavy atom. The first kappa shape index (κ1) is 19.1. The number of nitrogens with zero attached hydrogens (tertiary/aromatic N) is 1. The Balaban J connectivity index is 1.98. The first-order chi connectivity index (χ1) is 12.9. The molecular weight excluding hydrogens is 436 g/mol. The van der Waals surface area contributed by atoms with Crippen molar-refractivity contribution in [2.45, 2.75) is 6.92 Å². The van der Waals surface area contributed by atoms with Crippen LogP contribution in [0.15, 0.2) is 52.5 Å². The lowest BCUT2D eigenvalue weighted by molar-refractivity contribution is -0.122. The van der Waals surface area contributed by atoms with E-state index in [1.807, 2.05) is 6.92 Å². The second kappa shape index (κ2) is 7.94. The summed E-state index contributed by atoms with van der Waals surface area (Å²) >= 11 is 9.33. The van der Waals surface area contributed by atoms with E-state index in [4.69, 9.17) is 16.3 Å². The van der Waals surface area contributed by atoms with Gasteiger partial charge < -0.3 is 4.74 Å². The van der Waals surface area contributed by atoms with E-state index in [0.29, 0.717) is 27.4 Å². The van der Waals surface area contributed by atoms with Crippen molar-refractivity contribution >= 4 is 57.1 Å². The van der Waals surface area contributed by atoms with Crippen molar-refractivity contribution in [3.05, 3.63) is 63.1 Å². The molecule has 2 aromatic carbocycles. The molecule has 0 radical (unpaired) electrons. The van der Waals surface area contributed by atoms with Crippen molar-refractivity contribution in [3.8, 4) is 5.75 Å². The fraction of sp³-hybridized carbons (Fsp3) is 0.105. The lowest BCUT2D eigenvalue weighted by Crippen LogP contribution is -2.54. The number of amides is 4. The SMILES string of the molecule is CCOc1ccc(/C=C2\C(=O)NC(=O)N(c3cccc(Cl)c3)C2=O)cc1Br. The van der Waals surface area contributed by atoms with Gasteiger partial charge in [-0.3, -0.25) is 14.9 Å². The number of ether oxygens (including phenoxy) is 1. The quantitative estimate of drug-likeness (QED) is 0.561. The fourth-order valence-electron chi connectivity index (χ4n) is 2.55.